The lowest BCUT2D eigenvalue weighted by Crippen LogP contribution is -2.42. The summed E-state index contributed by atoms with van der Waals surface area (Å²) in [6.07, 6.45) is -0.0300. The molecule has 0 fully saturated rings. The van der Waals surface area contributed by atoms with Gasteiger partial charge < -0.3 is 9.57 Å². The first-order valence-electron chi connectivity index (χ1n) is 7.94. The van der Waals surface area contributed by atoms with E-state index in [2.05, 4.69) is 31.1 Å². The van der Waals surface area contributed by atoms with Crippen molar-refractivity contribution in [1.29, 1.82) is 0 Å². The number of rotatable bonds is 6. The summed E-state index contributed by atoms with van der Waals surface area (Å²) in [5, 5.41) is 1.15. The van der Waals surface area contributed by atoms with E-state index < -0.39 is 20.1 Å². The van der Waals surface area contributed by atoms with Gasteiger partial charge in [-0.3, -0.25) is 9.59 Å². The number of ether oxygens (including phenoxy) is 1. The highest BCUT2D eigenvalue weighted by Gasteiger charge is 2.26. The summed E-state index contributed by atoms with van der Waals surface area (Å²) in [5.41, 5.74) is 3.20. The van der Waals surface area contributed by atoms with E-state index in [4.69, 9.17) is 9.57 Å². The molecule has 1 atom stereocenters. The van der Waals surface area contributed by atoms with Crippen molar-refractivity contribution in [3.8, 4) is 17.2 Å². The van der Waals surface area contributed by atoms with Crippen LogP contribution in [0.25, 0.3) is 0 Å². The Morgan fingerprint density at radius 3 is 2.33 bits per heavy atom. The zero-order valence-corrected chi connectivity index (χ0v) is 16.0. The Morgan fingerprint density at radius 1 is 1.21 bits per heavy atom. The number of hydrogen-bond acceptors (Lipinski definition) is 4. The van der Waals surface area contributed by atoms with Gasteiger partial charge in [0, 0.05) is 6.92 Å². The molecule has 1 aromatic carbocycles. The lowest BCUT2D eigenvalue weighted by Gasteiger charge is -2.26. The normalized spacial score (nSPS) is 11.7. The molecular formula is C18H25NO4Si. The zero-order valence-electron chi connectivity index (χ0n) is 15.0. The maximum atomic E-state index is 12.0. The molecule has 0 heterocycles. The van der Waals surface area contributed by atoms with E-state index >= 15 is 0 Å². The summed E-state index contributed by atoms with van der Waals surface area (Å²) in [6, 6.07) is 8.26. The van der Waals surface area contributed by atoms with Crippen molar-refractivity contribution in [3.05, 3.63) is 30.3 Å². The molecule has 0 aromatic heterocycles. The Morgan fingerprint density at radius 2 is 1.83 bits per heavy atom. The smallest absolute Gasteiger partial charge is 0.309 e. The highest BCUT2D eigenvalue weighted by molar-refractivity contribution is 6.83. The van der Waals surface area contributed by atoms with Crippen LogP contribution in [0.15, 0.2) is 30.3 Å². The average Bonchev–Trinajstić information content (AvgIpc) is 2.49. The number of esters is 1. The number of hydrogen-bond donors (Lipinski definition) is 0. The molecule has 0 saturated heterocycles. The second kappa shape index (κ2) is 9.14. The van der Waals surface area contributed by atoms with Crippen LogP contribution in [-0.4, -0.2) is 37.7 Å². The van der Waals surface area contributed by atoms with Crippen LogP contribution in [0.3, 0.4) is 0 Å². The monoisotopic (exact) mass is 347 g/mol. The molecule has 0 spiro atoms. The lowest BCUT2D eigenvalue weighted by atomic mass is 10.2. The maximum Gasteiger partial charge on any atom is 0.309 e. The van der Waals surface area contributed by atoms with Gasteiger partial charge in [-0.2, -0.15) is 5.06 Å². The molecule has 0 aliphatic carbocycles. The van der Waals surface area contributed by atoms with Gasteiger partial charge in [0.15, 0.2) is 5.75 Å². The van der Waals surface area contributed by atoms with Gasteiger partial charge >= 0.3 is 5.97 Å². The highest BCUT2D eigenvalue weighted by atomic mass is 28.3. The minimum Gasteiger partial charge on any atom is -0.466 e. The predicted molar refractivity (Wildman–Crippen MR) is 95.8 cm³/mol. The number of hydroxylamine groups is 2. The molecule has 24 heavy (non-hydrogen) atoms. The molecule has 1 rings (SSSR count). The molecule has 130 valence electrons. The number of carbonyl (C=O) groups is 2. The maximum absolute atomic E-state index is 12.0. The minimum atomic E-state index is -1.67. The van der Waals surface area contributed by atoms with Crippen LogP contribution >= 0.6 is 0 Å². The first-order valence-corrected chi connectivity index (χ1v) is 11.4. The number of amides is 1. The van der Waals surface area contributed by atoms with E-state index in [1.807, 2.05) is 18.2 Å². The Bertz CT molecular complexity index is 613. The number of nitrogens with zero attached hydrogens (tertiary/aromatic N) is 1. The molecule has 0 N–H and O–H groups in total. The Hall–Kier alpha value is -2.26. The molecule has 6 heteroatoms. The molecular weight excluding hydrogens is 322 g/mol. The van der Waals surface area contributed by atoms with Gasteiger partial charge in [0.05, 0.1) is 13.0 Å². The van der Waals surface area contributed by atoms with Crippen molar-refractivity contribution in [1.82, 2.24) is 5.06 Å². The molecule has 1 aromatic rings. The predicted octanol–water partition coefficient (Wildman–Crippen LogP) is 3.03. The van der Waals surface area contributed by atoms with Gasteiger partial charge in [-0.1, -0.05) is 43.8 Å². The van der Waals surface area contributed by atoms with Crippen LogP contribution in [0.1, 0.15) is 20.3 Å². The van der Waals surface area contributed by atoms with Crippen molar-refractivity contribution in [3.63, 3.8) is 0 Å². The summed E-state index contributed by atoms with van der Waals surface area (Å²) < 4.78 is 5.00. The third-order valence-corrected chi connectivity index (χ3v) is 3.71. The summed E-state index contributed by atoms with van der Waals surface area (Å²) in [4.78, 5) is 29.6. The first-order chi connectivity index (χ1) is 11.2. The largest absolute Gasteiger partial charge is 0.466 e. The third kappa shape index (κ3) is 7.33. The summed E-state index contributed by atoms with van der Waals surface area (Å²) in [7, 11) is -1.67. The van der Waals surface area contributed by atoms with E-state index in [9.17, 15) is 9.59 Å². The van der Waals surface area contributed by atoms with E-state index in [1.165, 1.54) is 6.92 Å². The van der Waals surface area contributed by atoms with Crippen molar-refractivity contribution in [2.24, 2.45) is 0 Å². The van der Waals surface area contributed by atoms with Crippen LogP contribution in [0.2, 0.25) is 19.6 Å². The van der Waals surface area contributed by atoms with Crippen LogP contribution in [-0.2, 0) is 14.3 Å². The summed E-state index contributed by atoms with van der Waals surface area (Å²) in [5.74, 6) is 2.82. The van der Waals surface area contributed by atoms with E-state index in [0.717, 1.165) is 5.06 Å². The van der Waals surface area contributed by atoms with Crippen LogP contribution in [0.4, 0.5) is 0 Å². The third-order valence-electron chi connectivity index (χ3n) is 2.82. The Balaban J connectivity index is 3.07. The summed E-state index contributed by atoms with van der Waals surface area (Å²) >= 11 is 0. The fourth-order valence-electron chi connectivity index (χ4n) is 1.81. The standard InChI is InChI=1S/C18H25NO4Si/c1-6-22-18(21)14-16(12-13-24(3,4)5)19(15(2)20)23-17-10-8-7-9-11-17/h7-11,16H,6,14H2,1-5H3. The van der Waals surface area contributed by atoms with E-state index in [0.29, 0.717) is 5.75 Å². The molecule has 5 nitrogen and oxygen atoms in total. The molecule has 1 unspecified atom stereocenters. The second-order valence-corrected chi connectivity index (χ2v) is 11.0. The molecule has 0 saturated carbocycles. The van der Waals surface area contributed by atoms with Gasteiger partial charge in [0.25, 0.3) is 5.91 Å². The van der Waals surface area contributed by atoms with E-state index in [-0.39, 0.29) is 18.9 Å². The Kier molecular flexibility index (Phi) is 7.53. The van der Waals surface area contributed by atoms with Crippen LogP contribution in [0.5, 0.6) is 5.75 Å². The average molecular weight is 347 g/mol. The van der Waals surface area contributed by atoms with Gasteiger partial charge in [-0.15, -0.1) is 5.54 Å². The number of carbonyl (C=O) groups excluding carboxylic acids is 2. The highest BCUT2D eigenvalue weighted by Crippen LogP contribution is 2.15. The van der Waals surface area contributed by atoms with E-state index in [1.54, 1.807) is 19.1 Å². The first kappa shape index (κ1) is 19.8. The number of para-hydroxylation sites is 1. The van der Waals surface area contributed by atoms with Gasteiger partial charge in [-0.25, -0.2) is 0 Å². The van der Waals surface area contributed by atoms with Crippen molar-refractivity contribution in [2.45, 2.75) is 46.0 Å². The number of benzene rings is 1. The van der Waals surface area contributed by atoms with Gasteiger partial charge in [0.1, 0.15) is 14.1 Å². The molecule has 0 radical (unpaired) electrons. The Labute approximate surface area is 144 Å². The second-order valence-electron chi connectivity index (χ2n) is 6.29. The fraction of sp³-hybridized carbons (Fsp3) is 0.444. The lowest BCUT2D eigenvalue weighted by molar-refractivity contribution is -0.163. The fourth-order valence-corrected chi connectivity index (χ4v) is 2.41. The molecule has 0 aliphatic rings. The van der Waals surface area contributed by atoms with Crippen molar-refractivity contribution in [2.75, 3.05) is 6.61 Å². The quantitative estimate of drug-likeness (QED) is 0.343. The van der Waals surface area contributed by atoms with Crippen LogP contribution in [0, 0.1) is 11.5 Å². The topological polar surface area (TPSA) is 55.8 Å². The molecule has 0 aliphatic heterocycles. The minimum absolute atomic E-state index is 0.0300. The van der Waals surface area contributed by atoms with Gasteiger partial charge in [-0.05, 0) is 19.1 Å². The van der Waals surface area contributed by atoms with Crippen molar-refractivity contribution < 1.29 is 19.2 Å². The zero-order chi connectivity index (χ0) is 18.2. The summed E-state index contributed by atoms with van der Waals surface area (Å²) in [6.45, 7) is 9.69. The van der Waals surface area contributed by atoms with Crippen LogP contribution < -0.4 is 4.84 Å². The van der Waals surface area contributed by atoms with Gasteiger partial charge in [0.2, 0.25) is 0 Å². The molecule has 1 amide bonds. The van der Waals surface area contributed by atoms with Crippen molar-refractivity contribution >= 4 is 20.0 Å². The SMILES string of the molecule is CCOC(=O)CC(C#C[Si](C)(C)C)N(Oc1ccccc1)C(C)=O. The molecule has 0 bridgehead atoms.